The molecule has 54 valence electrons. The predicted octanol–water partition coefficient (Wildman–Crippen LogP) is -0.996. The summed E-state index contributed by atoms with van der Waals surface area (Å²) in [7, 11) is 0. The number of aliphatic hydroxyl groups excluding tert-OH is 1. The summed E-state index contributed by atoms with van der Waals surface area (Å²) in [6, 6.07) is 0. The molecule has 0 amide bonds. The van der Waals surface area contributed by atoms with E-state index in [1.807, 2.05) is 0 Å². The highest BCUT2D eigenvalue weighted by molar-refractivity contribution is 4.62. The molecule has 0 saturated carbocycles. The molecule has 0 aliphatic rings. The monoisotopic (exact) mass is 133 g/mol. The van der Waals surface area contributed by atoms with Gasteiger partial charge in [0.1, 0.15) is 0 Å². The van der Waals surface area contributed by atoms with E-state index >= 15 is 0 Å². The summed E-state index contributed by atoms with van der Waals surface area (Å²) in [6.07, 6.45) is 0.186. The van der Waals surface area contributed by atoms with Crippen molar-refractivity contribution in [2.45, 2.75) is 6.29 Å². The van der Waals surface area contributed by atoms with Gasteiger partial charge in [-0.25, -0.2) is 0 Å². The van der Waals surface area contributed by atoms with Gasteiger partial charge in [-0.1, -0.05) is 6.08 Å². The van der Waals surface area contributed by atoms with Gasteiger partial charge in [-0.2, -0.15) is 5.48 Å². The van der Waals surface area contributed by atoms with Gasteiger partial charge in [0.2, 0.25) is 0 Å². The Hall–Kier alpha value is -0.420. The molecule has 0 rings (SSSR count). The molecular weight excluding hydrogens is 122 g/mol. The molecule has 0 radical (unpaired) electrons. The van der Waals surface area contributed by atoms with E-state index in [9.17, 15) is 0 Å². The smallest absolute Gasteiger partial charge is 0.166 e. The Morgan fingerprint density at radius 3 is 2.78 bits per heavy atom. The van der Waals surface area contributed by atoms with Crippen LogP contribution in [0.4, 0.5) is 0 Å². The van der Waals surface area contributed by atoms with Crippen LogP contribution in [0.25, 0.3) is 0 Å². The first-order valence-corrected chi connectivity index (χ1v) is 2.59. The molecular formula is C5H11NO3. The molecule has 0 aromatic heterocycles. The van der Waals surface area contributed by atoms with Crippen molar-refractivity contribution in [3.05, 3.63) is 12.7 Å². The quantitative estimate of drug-likeness (QED) is 0.195. The highest BCUT2D eigenvalue weighted by atomic mass is 16.6. The van der Waals surface area contributed by atoms with Gasteiger partial charge in [0.15, 0.2) is 6.29 Å². The van der Waals surface area contributed by atoms with E-state index in [-0.39, 0.29) is 6.54 Å². The molecule has 4 heteroatoms. The normalized spacial score (nSPS) is 10.1. The molecule has 0 bridgehead atoms. The van der Waals surface area contributed by atoms with Gasteiger partial charge in [-0.05, 0) is 0 Å². The average molecular weight is 133 g/mol. The third-order valence-electron chi connectivity index (χ3n) is 0.569. The number of hydroxylamine groups is 1. The lowest BCUT2D eigenvalue weighted by atomic mass is 10.7. The van der Waals surface area contributed by atoms with Crippen LogP contribution in [0, 0.1) is 0 Å². The highest BCUT2D eigenvalue weighted by Gasteiger charge is 1.92. The van der Waals surface area contributed by atoms with Gasteiger partial charge >= 0.3 is 0 Å². The van der Waals surface area contributed by atoms with Crippen LogP contribution >= 0.6 is 0 Å². The standard InChI is InChI=1S/C5H11NO3/c1-2-3-9-6-4-5(7)8/h2,5-8H,1,3-4H2. The minimum Gasteiger partial charge on any atom is -0.367 e. The maximum absolute atomic E-state index is 8.24. The second-order valence-electron chi connectivity index (χ2n) is 1.43. The van der Waals surface area contributed by atoms with Crippen molar-refractivity contribution in [3.8, 4) is 0 Å². The van der Waals surface area contributed by atoms with E-state index in [1.54, 1.807) is 6.08 Å². The van der Waals surface area contributed by atoms with Crippen LogP contribution in [0.5, 0.6) is 0 Å². The fourth-order valence-electron chi connectivity index (χ4n) is 0.251. The minimum atomic E-state index is -1.37. The Balaban J connectivity index is 2.82. The Kier molecular flexibility index (Phi) is 5.45. The third-order valence-corrected chi connectivity index (χ3v) is 0.569. The summed E-state index contributed by atoms with van der Waals surface area (Å²) in [5.41, 5.74) is 2.31. The lowest BCUT2D eigenvalue weighted by Gasteiger charge is -2.03. The van der Waals surface area contributed by atoms with Gasteiger partial charge in [0.25, 0.3) is 0 Å². The summed E-state index contributed by atoms with van der Waals surface area (Å²) in [5, 5.41) is 16.5. The zero-order chi connectivity index (χ0) is 7.11. The van der Waals surface area contributed by atoms with Gasteiger partial charge < -0.3 is 10.2 Å². The van der Waals surface area contributed by atoms with Crippen LogP contribution < -0.4 is 5.48 Å². The number of hydrogen-bond donors (Lipinski definition) is 3. The summed E-state index contributed by atoms with van der Waals surface area (Å²) in [4.78, 5) is 4.61. The minimum absolute atomic E-state index is 0.00778. The Bertz CT molecular complexity index is 74.6. The summed E-state index contributed by atoms with van der Waals surface area (Å²) >= 11 is 0. The lowest BCUT2D eigenvalue weighted by Crippen LogP contribution is -2.26. The van der Waals surface area contributed by atoms with E-state index in [0.29, 0.717) is 6.61 Å². The number of nitrogens with one attached hydrogen (secondary N) is 1. The van der Waals surface area contributed by atoms with Gasteiger partial charge in [-0.15, -0.1) is 6.58 Å². The van der Waals surface area contributed by atoms with Crippen molar-refractivity contribution < 1.29 is 15.1 Å². The summed E-state index contributed by atoms with van der Waals surface area (Å²) in [6.45, 7) is 3.75. The highest BCUT2D eigenvalue weighted by Crippen LogP contribution is 1.71. The molecule has 4 nitrogen and oxygen atoms in total. The van der Waals surface area contributed by atoms with E-state index in [4.69, 9.17) is 10.2 Å². The molecule has 9 heavy (non-hydrogen) atoms. The van der Waals surface area contributed by atoms with Gasteiger partial charge in [0, 0.05) is 0 Å². The van der Waals surface area contributed by atoms with E-state index in [1.165, 1.54) is 0 Å². The molecule has 0 aromatic rings. The maximum Gasteiger partial charge on any atom is 0.166 e. The Morgan fingerprint density at radius 1 is 1.67 bits per heavy atom. The number of rotatable bonds is 5. The number of aliphatic hydroxyl groups is 2. The third kappa shape index (κ3) is 7.58. The first kappa shape index (κ1) is 8.58. The van der Waals surface area contributed by atoms with Crippen molar-refractivity contribution in [1.82, 2.24) is 5.48 Å². The zero-order valence-electron chi connectivity index (χ0n) is 5.08. The number of hydrogen-bond acceptors (Lipinski definition) is 4. The first-order chi connectivity index (χ1) is 4.27. The van der Waals surface area contributed by atoms with Crippen molar-refractivity contribution in [1.29, 1.82) is 0 Å². The van der Waals surface area contributed by atoms with Crippen molar-refractivity contribution in [2.75, 3.05) is 13.2 Å². The van der Waals surface area contributed by atoms with E-state index < -0.39 is 6.29 Å². The van der Waals surface area contributed by atoms with E-state index in [0.717, 1.165) is 0 Å². The van der Waals surface area contributed by atoms with Crippen molar-refractivity contribution >= 4 is 0 Å². The molecule has 0 unspecified atom stereocenters. The molecule has 0 aliphatic heterocycles. The van der Waals surface area contributed by atoms with Crippen LogP contribution in [0.1, 0.15) is 0 Å². The van der Waals surface area contributed by atoms with Crippen LogP contribution in [0.15, 0.2) is 12.7 Å². The fourth-order valence-corrected chi connectivity index (χ4v) is 0.251. The van der Waals surface area contributed by atoms with Crippen molar-refractivity contribution in [3.63, 3.8) is 0 Å². The first-order valence-electron chi connectivity index (χ1n) is 2.59. The average Bonchev–Trinajstić information content (AvgIpc) is 1.80. The van der Waals surface area contributed by atoms with Crippen LogP contribution in [0.2, 0.25) is 0 Å². The van der Waals surface area contributed by atoms with E-state index in [2.05, 4.69) is 16.9 Å². The molecule has 0 spiro atoms. The Morgan fingerprint density at radius 2 is 2.33 bits per heavy atom. The molecule has 3 N–H and O–H groups in total. The lowest BCUT2D eigenvalue weighted by molar-refractivity contribution is -0.0708. The predicted molar refractivity (Wildman–Crippen MR) is 32.4 cm³/mol. The zero-order valence-corrected chi connectivity index (χ0v) is 5.08. The summed E-state index contributed by atoms with van der Waals surface area (Å²) in [5.74, 6) is 0. The topological polar surface area (TPSA) is 61.7 Å². The molecule has 0 saturated heterocycles. The Labute approximate surface area is 53.7 Å². The second-order valence-corrected chi connectivity index (χ2v) is 1.43. The maximum atomic E-state index is 8.24. The molecule has 0 atom stereocenters. The summed E-state index contributed by atoms with van der Waals surface area (Å²) < 4.78 is 0. The molecule has 0 fully saturated rings. The van der Waals surface area contributed by atoms with Gasteiger partial charge in [-0.3, -0.25) is 4.84 Å². The van der Waals surface area contributed by atoms with Gasteiger partial charge in [0.05, 0.1) is 13.2 Å². The molecule has 0 aliphatic carbocycles. The van der Waals surface area contributed by atoms with Crippen LogP contribution in [0.3, 0.4) is 0 Å². The second kappa shape index (κ2) is 5.71. The SMILES string of the molecule is C=CCONCC(O)O. The molecule has 0 aromatic carbocycles. The fraction of sp³-hybridized carbons (Fsp3) is 0.600. The van der Waals surface area contributed by atoms with Crippen molar-refractivity contribution in [2.24, 2.45) is 0 Å². The van der Waals surface area contributed by atoms with Crippen LogP contribution in [-0.2, 0) is 4.84 Å². The van der Waals surface area contributed by atoms with Crippen LogP contribution in [-0.4, -0.2) is 29.7 Å². The molecule has 0 heterocycles. The largest absolute Gasteiger partial charge is 0.367 e.